The summed E-state index contributed by atoms with van der Waals surface area (Å²) in [6, 6.07) is 56.9. The van der Waals surface area contributed by atoms with Gasteiger partial charge in [0.15, 0.2) is 0 Å². The molecule has 1 aliphatic rings. The van der Waals surface area contributed by atoms with Gasteiger partial charge in [-0.2, -0.15) is 0 Å². The first-order valence-corrected chi connectivity index (χ1v) is 27.8. The summed E-state index contributed by atoms with van der Waals surface area (Å²) in [6.07, 6.45) is 1.93. The molecule has 0 fully saturated rings. The number of para-hydroxylation sites is 2. The Bertz CT molecular complexity index is 3510. The van der Waals surface area contributed by atoms with Gasteiger partial charge in [0.2, 0.25) is 0 Å². The van der Waals surface area contributed by atoms with Crippen molar-refractivity contribution in [3.8, 4) is 50.6 Å². The van der Waals surface area contributed by atoms with E-state index in [1.54, 1.807) is 6.07 Å². The van der Waals surface area contributed by atoms with E-state index in [1.807, 2.05) is 18.3 Å². The van der Waals surface area contributed by atoms with Gasteiger partial charge in [0.05, 0.1) is 30.5 Å². The van der Waals surface area contributed by atoms with Crippen LogP contribution in [0.2, 0.25) is 19.6 Å². The summed E-state index contributed by atoms with van der Waals surface area (Å²) in [5.41, 5.74) is 17.7. The van der Waals surface area contributed by atoms with E-state index in [2.05, 4.69) is 212 Å². The first kappa shape index (κ1) is 48.8. The standard InChI is InChI=1S/C49H45N2O.C14H15FNSi.Ir/c1-29(2)36-25-32(31-17-10-9-11-18-31)26-37(30(3)4)45(36)51-43-24-15-14-23-42(43)50-47(51)35-21-16-20-34-39-27-41-38(28-44(39)52-46(34)35)33-19-12-13-22-40(33)48(5,6)49(41,7)8;1-17(2,3)13-8-9-14(16-10-13)11-4-6-12(15)7-5-11;/h9-20,22-30H,1-8H3;4,6-10H,1-3H3;/q2*-1;. The second-order valence-electron chi connectivity index (χ2n) is 21.4. The molecule has 0 unspecified atom stereocenters. The van der Waals surface area contributed by atoms with E-state index in [0.29, 0.717) is 0 Å². The minimum Gasteiger partial charge on any atom is -0.501 e. The number of imidazole rings is 1. The molecule has 0 saturated heterocycles. The van der Waals surface area contributed by atoms with Crippen LogP contribution in [0.3, 0.4) is 0 Å². The molecule has 0 spiro atoms. The molecule has 3 heterocycles. The van der Waals surface area contributed by atoms with Crippen molar-refractivity contribution in [3.63, 3.8) is 0 Å². The number of halogens is 1. The van der Waals surface area contributed by atoms with Gasteiger partial charge in [-0.05, 0) is 114 Å². The van der Waals surface area contributed by atoms with Crippen molar-refractivity contribution in [1.82, 2.24) is 14.5 Å². The largest absolute Gasteiger partial charge is 0.501 e. The Labute approximate surface area is 427 Å². The number of furan rings is 1. The predicted molar refractivity (Wildman–Crippen MR) is 289 cm³/mol. The molecule has 4 nitrogen and oxygen atoms in total. The van der Waals surface area contributed by atoms with E-state index in [4.69, 9.17) is 9.40 Å². The Hall–Kier alpha value is -6.24. The van der Waals surface area contributed by atoms with Crippen molar-refractivity contribution in [3.05, 3.63) is 192 Å². The summed E-state index contributed by atoms with van der Waals surface area (Å²) in [4.78, 5) is 9.81. The number of pyridine rings is 1. The predicted octanol–water partition coefficient (Wildman–Crippen LogP) is 16.8. The summed E-state index contributed by atoms with van der Waals surface area (Å²) in [6.45, 7) is 25.6. The second-order valence-corrected chi connectivity index (χ2v) is 26.5. The molecule has 0 bridgehead atoms. The third-order valence-corrected chi connectivity index (χ3v) is 16.9. The number of nitrogens with zero attached hydrogens (tertiary/aromatic N) is 3. The van der Waals surface area contributed by atoms with E-state index in [9.17, 15) is 4.39 Å². The molecule has 0 saturated carbocycles. The van der Waals surface area contributed by atoms with Crippen molar-refractivity contribution in [2.75, 3.05) is 0 Å². The number of rotatable bonds is 7. The molecule has 0 aliphatic heterocycles. The van der Waals surface area contributed by atoms with Crippen LogP contribution < -0.4 is 5.19 Å². The first-order valence-electron chi connectivity index (χ1n) is 24.3. The molecule has 0 N–H and O–H groups in total. The molecule has 10 aromatic rings. The SMILES string of the molecule is CC(C)c1cc(-c2ccccc2)cc(C(C)C)c1-n1c(-c2[c-]ccc3c2oc2cc4c(cc23)C(C)(C)C(C)(C)c2ccccc2-4)nc2ccccc21.C[Si](C)(C)c1ccc(-c2[c-]cc(F)cc2)nc1.[Ir]. The fourth-order valence-corrected chi connectivity index (χ4v) is 11.3. The topological polar surface area (TPSA) is 43.9 Å². The molecule has 355 valence electrons. The molecule has 7 heteroatoms. The van der Waals surface area contributed by atoms with Crippen LogP contribution in [0, 0.1) is 17.9 Å². The summed E-state index contributed by atoms with van der Waals surface area (Å²) >= 11 is 0. The number of hydrogen-bond acceptors (Lipinski definition) is 3. The molecule has 0 amide bonds. The minimum absolute atomic E-state index is 0. The molecule has 1 radical (unpaired) electrons. The summed E-state index contributed by atoms with van der Waals surface area (Å²) in [7, 11) is -1.30. The fourth-order valence-electron chi connectivity index (χ4n) is 10.2. The van der Waals surface area contributed by atoms with Crippen molar-refractivity contribution < 1.29 is 28.9 Å². The van der Waals surface area contributed by atoms with E-state index in [1.165, 1.54) is 67.5 Å². The zero-order valence-corrected chi connectivity index (χ0v) is 45.4. The number of fused-ring (bicyclic) bond motifs is 7. The Kier molecular flexibility index (Phi) is 12.9. The maximum absolute atomic E-state index is 12.8. The Balaban J connectivity index is 0.000000286. The van der Waals surface area contributed by atoms with Crippen LogP contribution in [-0.2, 0) is 30.9 Å². The van der Waals surface area contributed by atoms with Crippen LogP contribution in [0.4, 0.5) is 4.39 Å². The van der Waals surface area contributed by atoms with Crippen LogP contribution >= 0.6 is 0 Å². The van der Waals surface area contributed by atoms with Gasteiger partial charge < -0.3 is 14.0 Å². The third-order valence-electron chi connectivity index (χ3n) is 14.9. The van der Waals surface area contributed by atoms with Crippen molar-refractivity contribution >= 4 is 46.2 Å². The van der Waals surface area contributed by atoms with Crippen LogP contribution in [0.1, 0.15) is 89.5 Å². The summed E-state index contributed by atoms with van der Waals surface area (Å²) in [5.74, 6) is 1.13. The zero-order chi connectivity index (χ0) is 48.6. The Morgan fingerprint density at radius 1 is 0.657 bits per heavy atom. The summed E-state index contributed by atoms with van der Waals surface area (Å²) in [5, 5.41) is 3.54. The fraction of sp³-hybridized carbons (Fsp3) is 0.238. The molecule has 1 aliphatic carbocycles. The maximum atomic E-state index is 12.8. The smallest absolute Gasteiger partial charge is 0.121 e. The van der Waals surface area contributed by atoms with Crippen LogP contribution in [-0.4, -0.2) is 22.6 Å². The van der Waals surface area contributed by atoms with E-state index < -0.39 is 8.07 Å². The molecular formula is C63H60FIrN3OSi-2. The van der Waals surface area contributed by atoms with Crippen LogP contribution in [0.25, 0.3) is 83.6 Å². The van der Waals surface area contributed by atoms with Gasteiger partial charge in [0, 0.05) is 43.2 Å². The monoisotopic (exact) mass is 1110 g/mol. The summed E-state index contributed by atoms with van der Waals surface area (Å²) < 4.78 is 22.1. The Morgan fingerprint density at radius 2 is 1.33 bits per heavy atom. The molecule has 11 rings (SSSR count). The van der Waals surface area contributed by atoms with Crippen LogP contribution in [0.15, 0.2) is 156 Å². The van der Waals surface area contributed by atoms with Crippen molar-refractivity contribution in [1.29, 1.82) is 0 Å². The number of hydrogen-bond donors (Lipinski definition) is 0. The molecule has 0 atom stereocenters. The zero-order valence-electron chi connectivity index (χ0n) is 42.0. The van der Waals surface area contributed by atoms with E-state index >= 15 is 0 Å². The van der Waals surface area contributed by atoms with E-state index in [-0.39, 0.29) is 48.6 Å². The second kappa shape index (κ2) is 18.5. The van der Waals surface area contributed by atoms with Crippen LogP contribution in [0.5, 0.6) is 0 Å². The van der Waals surface area contributed by atoms with Gasteiger partial charge in [-0.1, -0.05) is 165 Å². The van der Waals surface area contributed by atoms with E-state index in [0.717, 1.165) is 55.6 Å². The molecule has 3 aromatic heterocycles. The van der Waals surface area contributed by atoms with Crippen molar-refractivity contribution in [2.45, 2.75) is 97.7 Å². The normalized spacial score (nSPS) is 13.8. The average Bonchev–Trinajstić information content (AvgIpc) is 3.91. The van der Waals surface area contributed by atoms with Gasteiger partial charge in [-0.25, -0.2) is 0 Å². The quantitative estimate of drug-likeness (QED) is 0.118. The van der Waals surface area contributed by atoms with Crippen molar-refractivity contribution in [2.24, 2.45) is 0 Å². The first-order chi connectivity index (χ1) is 32.9. The maximum Gasteiger partial charge on any atom is 0.121 e. The van der Waals surface area contributed by atoms with Gasteiger partial charge >= 0.3 is 0 Å². The molecular weight excluding hydrogens is 1050 g/mol. The third kappa shape index (κ3) is 8.40. The molecule has 7 aromatic carbocycles. The van der Waals surface area contributed by atoms with Gasteiger partial charge in [-0.3, -0.25) is 9.37 Å². The van der Waals surface area contributed by atoms with Gasteiger partial charge in [-0.15, -0.1) is 48.0 Å². The van der Waals surface area contributed by atoms with Gasteiger partial charge in [0.25, 0.3) is 0 Å². The average molecular weight is 1110 g/mol. The van der Waals surface area contributed by atoms with Gasteiger partial charge in [0.1, 0.15) is 5.58 Å². The Morgan fingerprint density at radius 3 is 1.99 bits per heavy atom. The number of aromatic nitrogens is 3. The number of benzene rings is 7. The molecule has 70 heavy (non-hydrogen) atoms. The minimum atomic E-state index is -1.30.